The molecular formula is C24H19F3N4O3. The third kappa shape index (κ3) is 5.34. The van der Waals surface area contributed by atoms with Crippen LogP contribution in [0.1, 0.15) is 21.6 Å². The van der Waals surface area contributed by atoms with Gasteiger partial charge in [0.1, 0.15) is 12.4 Å². The Morgan fingerprint density at radius 2 is 1.91 bits per heavy atom. The fourth-order valence-corrected chi connectivity index (χ4v) is 3.13. The van der Waals surface area contributed by atoms with E-state index in [2.05, 4.69) is 15.4 Å². The number of methoxy groups -OCH3 is 1. The Balaban J connectivity index is 1.51. The Hall–Kier alpha value is -4.34. The van der Waals surface area contributed by atoms with E-state index < -0.39 is 17.6 Å². The minimum absolute atomic E-state index is 0.0819. The molecule has 0 aliphatic heterocycles. The third-order valence-electron chi connectivity index (χ3n) is 4.77. The smallest absolute Gasteiger partial charge is 0.416 e. The summed E-state index contributed by atoms with van der Waals surface area (Å²) in [4.78, 5) is 16.9. The van der Waals surface area contributed by atoms with Crippen LogP contribution in [-0.4, -0.2) is 27.8 Å². The van der Waals surface area contributed by atoms with Crippen molar-refractivity contribution >= 4 is 11.6 Å². The zero-order valence-corrected chi connectivity index (χ0v) is 17.9. The van der Waals surface area contributed by atoms with Crippen molar-refractivity contribution in [3.05, 3.63) is 96.1 Å². The van der Waals surface area contributed by atoms with E-state index in [9.17, 15) is 18.0 Å². The van der Waals surface area contributed by atoms with Gasteiger partial charge in [0.2, 0.25) is 0 Å². The van der Waals surface area contributed by atoms with Crippen LogP contribution in [0.5, 0.6) is 11.5 Å². The molecule has 4 aromatic rings. The maximum Gasteiger partial charge on any atom is 0.416 e. The van der Waals surface area contributed by atoms with Gasteiger partial charge in [-0.3, -0.25) is 9.78 Å². The molecule has 2 heterocycles. The van der Waals surface area contributed by atoms with E-state index in [0.29, 0.717) is 18.0 Å². The van der Waals surface area contributed by atoms with Gasteiger partial charge in [-0.1, -0.05) is 18.2 Å². The standard InChI is InChI=1S/C24H19F3N4O3/c1-33-21-14-31(19-8-2-6-17(11-19)24(25,26)27)30-22(21)23(32)29-18-7-3-9-20(12-18)34-15-16-5-4-10-28-13-16/h2-14H,15H2,1H3,(H,29,32). The molecule has 2 aromatic carbocycles. The van der Waals surface area contributed by atoms with Crippen molar-refractivity contribution in [1.29, 1.82) is 0 Å². The molecule has 0 radical (unpaired) electrons. The SMILES string of the molecule is COc1cn(-c2cccc(C(F)(F)F)c2)nc1C(=O)Nc1cccc(OCc2cccnc2)c1. The number of hydrogen-bond donors (Lipinski definition) is 1. The van der Waals surface area contributed by atoms with Gasteiger partial charge < -0.3 is 14.8 Å². The lowest BCUT2D eigenvalue weighted by molar-refractivity contribution is -0.137. The fraction of sp³-hybridized carbons (Fsp3) is 0.125. The second kappa shape index (κ2) is 9.65. The average molecular weight is 468 g/mol. The lowest BCUT2D eigenvalue weighted by Gasteiger charge is -2.09. The minimum atomic E-state index is -4.50. The molecule has 2 aromatic heterocycles. The zero-order valence-electron chi connectivity index (χ0n) is 17.9. The Kier molecular flexibility index (Phi) is 6.48. The van der Waals surface area contributed by atoms with Crippen LogP contribution < -0.4 is 14.8 Å². The van der Waals surface area contributed by atoms with Gasteiger partial charge in [0.05, 0.1) is 24.6 Å². The van der Waals surface area contributed by atoms with E-state index in [1.807, 2.05) is 6.07 Å². The van der Waals surface area contributed by atoms with Crippen LogP contribution in [-0.2, 0) is 12.8 Å². The predicted octanol–water partition coefficient (Wildman–Crippen LogP) is 5.13. The average Bonchev–Trinajstić information content (AvgIpc) is 3.28. The van der Waals surface area contributed by atoms with Gasteiger partial charge in [-0.05, 0) is 36.4 Å². The van der Waals surface area contributed by atoms with E-state index in [1.165, 1.54) is 25.4 Å². The Morgan fingerprint density at radius 3 is 2.65 bits per heavy atom. The summed E-state index contributed by atoms with van der Waals surface area (Å²) in [5, 5.41) is 6.85. The molecule has 174 valence electrons. The molecule has 34 heavy (non-hydrogen) atoms. The van der Waals surface area contributed by atoms with Gasteiger partial charge in [-0.25, -0.2) is 4.68 Å². The molecule has 1 amide bonds. The van der Waals surface area contributed by atoms with Crippen molar-refractivity contribution in [2.45, 2.75) is 12.8 Å². The van der Waals surface area contributed by atoms with E-state index in [0.717, 1.165) is 22.4 Å². The molecule has 0 unspecified atom stereocenters. The molecule has 0 aliphatic carbocycles. The molecule has 1 N–H and O–H groups in total. The van der Waals surface area contributed by atoms with Crippen LogP contribution in [0, 0.1) is 0 Å². The fourth-order valence-electron chi connectivity index (χ4n) is 3.13. The summed E-state index contributed by atoms with van der Waals surface area (Å²) in [7, 11) is 1.34. The summed E-state index contributed by atoms with van der Waals surface area (Å²) in [6, 6.07) is 15.1. The number of ether oxygens (including phenoxy) is 2. The molecule has 4 rings (SSSR count). The number of anilines is 1. The summed E-state index contributed by atoms with van der Waals surface area (Å²) >= 11 is 0. The molecule has 0 fully saturated rings. The number of amides is 1. The van der Waals surface area contributed by atoms with Gasteiger partial charge in [-0.15, -0.1) is 0 Å². The summed E-state index contributed by atoms with van der Waals surface area (Å²) < 4.78 is 51.3. The minimum Gasteiger partial charge on any atom is -0.493 e. The van der Waals surface area contributed by atoms with Gasteiger partial charge in [-0.2, -0.15) is 18.3 Å². The van der Waals surface area contributed by atoms with E-state index in [1.54, 1.807) is 42.7 Å². The van der Waals surface area contributed by atoms with Crippen LogP contribution in [0.2, 0.25) is 0 Å². The number of halogens is 3. The van der Waals surface area contributed by atoms with E-state index in [-0.39, 0.29) is 17.1 Å². The van der Waals surface area contributed by atoms with E-state index >= 15 is 0 Å². The van der Waals surface area contributed by atoms with Gasteiger partial charge in [0.15, 0.2) is 11.4 Å². The Morgan fingerprint density at radius 1 is 1.09 bits per heavy atom. The van der Waals surface area contributed by atoms with Crippen LogP contribution in [0.25, 0.3) is 5.69 Å². The zero-order chi connectivity index (χ0) is 24.1. The maximum atomic E-state index is 13.1. The summed E-state index contributed by atoms with van der Waals surface area (Å²) in [5.74, 6) is 0.0500. The predicted molar refractivity (Wildman–Crippen MR) is 118 cm³/mol. The van der Waals surface area contributed by atoms with Crippen molar-refractivity contribution in [3.8, 4) is 17.2 Å². The van der Waals surface area contributed by atoms with Crippen LogP contribution in [0.15, 0.2) is 79.3 Å². The first kappa shape index (κ1) is 22.8. The first-order chi connectivity index (χ1) is 16.3. The van der Waals surface area contributed by atoms with Crippen molar-refractivity contribution < 1.29 is 27.4 Å². The molecular weight excluding hydrogens is 449 g/mol. The number of aromatic nitrogens is 3. The number of rotatable bonds is 7. The van der Waals surface area contributed by atoms with Gasteiger partial charge in [0.25, 0.3) is 5.91 Å². The number of benzene rings is 2. The molecule has 0 bridgehead atoms. The van der Waals surface area contributed by atoms with Crippen molar-refractivity contribution in [2.24, 2.45) is 0 Å². The third-order valence-corrected chi connectivity index (χ3v) is 4.77. The molecule has 10 heteroatoms. The normalized spacial score (nSPS) is 11.2. The molecule has 0 atom stereocenters. The molecule has 0 saturated carbocycles. The number of pyridine rings is 1. The first-order valence-corrected chi connectivity index (χ1v) is 10.1. The second-order valence-corrected chi connectivity index (χ2v) is 7.17. The lowest BCUT2D eigenvalue weighted by atomic mass is 10.2. The second-order valence-electron chi connectivity index (χ2n) is 7.17. The monoisotopic (exact) mass is 468 g/mol. The first-order valence-electron chi connectivity index (χ1n) is 10.1. The highest BCUT2D eigenvalue weighted by Gasteiger charge is 2.30. The quantitative estimate of drug-likeness (QED) is 0.407. The number of alkyl halides is 3. The molecule has 0 spiro atoms. The van der Waals surface area contributed by atoms with Crippen molar-refractivity contribution in [2.75, 3.05) is 12.4 Å². The van der Waals surface area contributed by atoms with Crippen LogP contribution >= 0.6 is 0 Å². The van der Waals surface area contributed by atoms with Crippen LogP contribution in [0.4, 0.5) is 18.9 Å². The molecule has 0 saturated heterocycles. The topological polar surface area (TPSA) is 78.3 Å². The summed E-state index contributed by atoms with van der Waals surface area (Å²) in [5.41, 5.74) is 0.569. The maximum absolute atomic E-state index is 13.1. The number of carbonyl (C=O) groups excluding carboxylic acids is 1. The summed E-state index contributed by atoms with van der Waals surface area (Å²) in [6.07, 6.45) is 0.205. The molecule has 0 aliphatic rings. The van der Waals surface area contributed by atoms with Crippen molar-refractivity contribution in [3.63, 3.8) is 0 Å². The highest BCUT2D eigenvalue weighted by atomic mass is 19.4. The Bertz CT molecular complexity index is 1290. The molecule has 7 nitrogen and oxygen atoms in total. The van der Waals surface area contributed by atoms with E-state index in [4.69, 9.17) is 9.47 Å². The lowest BCUT2D eigenvalue weighted by Crippen LogP contribution is -2.14. The number of nitrogens with zero attached hydrogens (tertiary/aromatic N) is 3. The highest BCUT2D eigenvalue weighted by Crippen LogP contribution is 2.31. The van der Waals surface area contributed by atoms with Gasteiger partial charge in [0, 0.05) is 29.7 Å². The van der Waals surface area contributed by atoms with Crippen molar-refractivity contribution in [1.82, 2.24) is 14.8 Å². The number of hydrogen-bond acceptors (Lipinski definition) is 5. The number of carbonyl (C=O) groups is 1. The highest BCUT2D eigenvalue weighted by molar-refractivity contribution is 6.04. The van der Waals surface area contributed by atoms with Gasteiger partial charge >= 0.3 is 6.18 Å². The van der Waals surface area contributed by atoms with Crippen LogP contribution in [0.3, 0.4) is 0 Å². The largest absolute Gasteiger partial charge is 0.493 e. The summed E-state index contributed by atoms with van der Waals surface area (Å²) in [6.45, 7) is 0.306. The Labute approximate surface area is 192 Å². The number of nitrogens with one attached hydrogen (secondary N) is 1.